The number of terminal acetylenes is 1. The Hall–Kier alpha value is -1.95. The molecule has 3 rings (SSSR count). The third-order valence-corrected chi connectivity index (χ3v) is 9.01. The molecule has 0 radical (unpaired) electrons. The standard InChI is InChI=1S/C30H44O3/c1-11-30(10)20(3)14-19(2)15-24(30)16-28(7,8)17-29(9)13-12-25-23(6)26(32-18-31)21(4)22(5)27(25)33-29/h1,18-20,24H,12-17H2,2-10H3. The van der Waals surface area contributed by atoms with Crippen LogP contribution in [0, 0.1) is 61.7 Å². The number of fused-ring (bicyclic) bond motifs is 1. The van der Waals surface area contributed by atoms with Crippen LogP contribution < -0.4 is 9.47 Å². The van der Waals surface area contributed by atoms with Crippen molar-refractivity contribution >= 4 is 6.47 Å². The van der Waals surface area contributed by atoms with Crippen molar-refractivity contribution in [2.45, 2.75) is 106 Å². The Morgan fingerprint density at radius 1 is 1.15 bits per heavy atom. The maximum atomic E-state index is 11.0. The Bertz CT molecular complexity index is 953. The van der Waals surface area contributed by atoms with Gasteiger partial charge in [0.1, 0.15) is 17.1 Å². The molecular weight excluding hydrogens is 408 g/mol. The Kier molecular flexibility index (Phi) is 7.01. The maximum Gasteiger partial charge on any atom is 0.298 e. The third kappa shape index (κ3) is 4.82. The summed E-state index contributed by atoms with van der Waals surface area (Å²) in [5, 5.41) is 0. The van der Waals surface area contributed by atoms with E-state index in [2.05, 4.69) is 54.4 Å². The van der Waals surface area contributed by atoms with E-state index < -0.39 is 0 Å². The Morgan fingerprint density at radius 2 is 1.82 bits per heavy atom. The Labute approximate surface area is 202 Å². The first kappa shape index (κ1) is 25.7. The largest absolute Gasteiger partial charge is 0.487 e. The van der Waals surface area contributed by atoms with Crippen molar-refractivity contribution < 1.29 is 14.3 Å². The summed E-state index contributed by atoms with van der Waals surface area (Å²) in [4.78, 5) is 11.0. The van der Waals surface area contributed by atoms with E-state index in [4.69, 9.17) is 15.9 Å². The molecule has 0 amide bonds. The van der Waals surface area contributed by atoms with Gasteiger partial charge >= 0.3 is 0 Å². The number of carbonyl (C=O) groups is 1. The number of hydrogen-bond acceptors (Lipinski definition) is 3. The summed E-state index contributed by atoms with van der Waals surface area (Å²) in [6.45, 7) is 20.7. The van der Waals surface area contributed by atoms with Crippen LogP contribution in [0.25, 0.3) is 0 Å². The lowest BCUT2D eigenvalue weighted by molar-refractivity contribution is -0.120. The lowest BCUT2D eigenvalue weighted by atomic mass is 9.56. The maximum absolute atomic E-state index is 11.0. The molecule has 182 valence electrons. The molecule has 1 aliphatic carbocycles. The van der Waals surface area contributed by atoms with Crippen LogP contribution in [0.15, 0.2) is 0 Å². The van der Waals surface area contributed by atoms with Crippen LogP contribution in [0.1, 0.15) is 95.9 Å². The Morgan fingerprint density at radius 3 is 2.42 bits per heavy atom. The molecule has 33 heavy (non-hydrogen) atoms. The van der Waals surface area contributed by atoms with Gasteiger partial charge < -0.3 is 9.47 Å². The van der Waals surface area contributed by atoms with E-state index in [1.54, 1.807) is 0 Å². The van der Waals surface area contributed by atoms with Crippen LogP contribution >= 0.6 is 0 Å². The van der Waals surface area contributed by atoms with E-state index >= 15 is 0 Å². The molecule has 5 unspecified atom stereocenters. The van der Waals surface area contributed by atoms with Gasteiger partial charge in [-0.15, -0.1) is 6.42 Å². The summed E-state index contributed by atoms with van der Waals surface area (Å²) in [5.41, 5.74) is 4.11. The molecule has 0 spiro atoms. The van der Waals surface area contributed by atoms with Gasteiger partial charge in [0.25, 0.3) is 6.47 Å². The van der Waals surface area contributed by atoms with Gasteiger partial charge in [-0.2, -0.15) is 0 Å². The first-order chi connectivity index (χ1) is 15.3. The average molecular weight is 453 g/mol. The van der Waals surface area contributed by atoms with Crippen LogP contribution in [0.4, 0.5) is 0 Å². The van der Waals surface area contributed by atoms with Crippen LogP contribution in [0.3, 0.4) is 0 Å². The number of carbonyl (C=O) groups excluding carboxylic acids is 1. The molecule has 0 bridgehead atoms. The lowest BCUT2D eigenvalue weighted by Gasteiger charge is -2.49. The molecule has 3 heteroatoms. The van der Waals surface area contributed by atoms with Crippen LogP contribution in [-0.2, 0) is 11.2 Å². The van der Waals surface area contributed by atoms with Gasteiger partial charge in [0, 0.05) is 11.0 Å². The zero-order valence-electron chi connectivity index (χ0n) is 22.4. The summed E-state index contributed by atoms with van der Waals surface area (Å²) in [6, 6.07) is 0. The molecule has 1 saturated carbocycles. The SMILES string of the molecule is C#CC1(C)C(C)CC(C)CC1CC(C)(C)CC1(C)CCc2c(C)c(OC=O)c(C)c(C)c2O1. The summed E-state index contributed by atoms with van der Waals surface area (Å²) in [6.07, 6.45) is 12.6. The van der Waals surface area contributed by atoms with Gasteiger partial charge in [-0.1, -0.05) is 33.6 Å². The van der Waals surface area contributed by atoms with Gasteiger partial charge in [-0.05, 0) is 113 Å². The van der Waals surface area contributed by atoms with Crippen molar-refractivity contribution in [3.8, 4) is 23.8 Å². The van der Waals surface area contributed by atoms with Gasteiger partial charge in [-0.25, -0.2) is 0 Å². The van der Waals surface area contributed by atoms with E-state index in [1.165, 1.54) is 18.4 Å². The second kappa shape index (κ2) is 9.01. The van der Waals surface area contributed by atoms with Crippen molar-refractivity contribution in [1.29, 1.82) is 0 Å². The third-order valence-electron chi connectivity index (χ3n) is 9.01. The molecule has 1 fully saturated rings. The first-order valence-electron chi connectivity index (χ1n) is 12.7. The van der Waals surface area contributed by atoms with Crippen molar-refractivity contribution in [1.82, 2.24) is 0 Å². The molecule has 0 aromatic heterocycles. The molecule has 2 aliphatic rings. The van der Waals surface area contributed by atoms with Crippen molar-refractivity contribution in [3.63, 3.8) is 0 Å². The van der Waals surface area contributed by atoms with E-state index in [1.807, 2.05) is 13.8 Å². The van der Waals surface area contributed by atoms with Gasteiger partial charge in [0.2, 0.25) is 0 Å². The monoisotopic (exact) mass is 452 g/mol. The molecular formula is C30H44O3. The quantitative estimate of drug-likeness (QED) is 0.334. The zero-order chi connectivity index (χ0) is 24.8. The highest BCUT2D eigenvalue weighted by Gasteiger charge is 2.46. The van der Waals surface area contributed by atoms with E-state index in [0.29, 0.717) is 24.1 Å². The molecule has 0 saturated heterocycles. The minimum Gasteiger partial charge on any atom is -0.487 e. The summed E-state index contributed by atoms with van der Waals surface area (Å²) in [7, 11) is 0. The second-order valence-corrected chi connectivity index (χ2v) is 12.4. The summed E-state index contributed by atoms with van der Waals surface area (Å²) >= 11 is 0. The number of hydrogen-bond donors (Lipinski definition) is 0. The molecule has 1 aromatic carbocycles. The first-order valence-corrected chi connectivity index (χ1v) is 12.7. The second-order valence-electron chi connectivity index (χ2n) is 12.4. The van der Waals surface area contributed by atoms with Gasteiger partial charge in [-0.3, -0.25) is 4.79 Å². The van der Waals surface area contributed by atoms with Crippen molar-refractivity contribution in [2.75, 3.05) is 0 Å². The van der Waals surface area contributed by atoms with Crippen molar-refractivity contribution in [2.24, 2.45) is 28.6 Å². The smallest absolute Gasteiger partial charge is 0.298 e. The highest BCUT2D eigenvalue weighted by molar-refractivity contribution is 5.62. The fourth-order valence-electron chi connectivity index (χ4n) is 7.02. The summed E-state index contributed by atoms with van der Waals surface area (Å²) < 4.78 is 12.1. The normalized spacial score (nSPS) is 31.8. The van der Waals surface area contributed by atoms with E-state index in [-0.39, 0.29) is 16.4 Å². The molecule has 5 atom stereocenters. The van der Waals surface area contributed by atoms with Crippen molar-refractivity contribution in [3.05, 3.63) is 22.3 Å². The predicted molar refractivity (Wildman–Crippen MR) is 136 cm³/mol. The minimum absolute atomic E-state index is 0.0372. The molecule has 1 heterocycles. The molecule has 1 aliphatic heterocycles. The van der Waals surface area contributed by atoms with Crippen LogP contribution in [-0.4, -0.2) is 12.1 Å². The highest BCUT2D eigenvalue weighted by atomic mass is 16.5. The van der Waals surface area contributed by atoms with Gasteiger partial charge in [0.05, 0.1) is 0 Å². The van der Waals surface area contributed by atoms with E-state index in [9.17, 15) is 4.79 Å². The van der Waals surface area contributed by atoms with E-state index in [0.717, 1.165) is 54.0 Å². The fraction of sp³-hybridized carbons (Fsp3) is 0.700. The fourth-order valence-corrected chi connectivity index (χ4v) is 7.02. The topological polar surface area (TPSA) is 35.5 Å². The summed E-state index contributed by atoms with van der Waals surface area (Å²) in [5.74, 6) is 6.70. The number of benzene rings is 1. The predicted octanol–water partition coefficient (Wildman–Crippen LogP) is 7.36. The average Bonchev–Trinajstić information content (AvgIpc) is 2.72. The number of ether oxygens (including phenoxy) is 2. The van der Waals surface area contributed by atoms with Crippen LogP contribution in [0.2, 0.25) is 0 Å². The zero-order valence-corrected chi connectivity index (χ0v) is 22.4. The van der Waals surface area contributed by atoms with Gasteiger partial charge in [0.15, 0.2) is 0 Å². The highest BCUT2D eigenvalue weighted by Crippen LogP contribution is 2.53. The molecule has 0 N–H and O–H groups in total. The molecule has 1 aromatic rings. The minimum atomic E-state index is -0.231. The molecule has 3 nitrogen and oxygen atoms in total. The lowest BCUT2D eigenvalue weighted by Crippen LogP contribution is -2.44. The number of rotatable bonds is 6. The van der Waals surface area contributed by atoms with Crippen LogP contribution in [0.5, 0.6) is 11.5 Å². The Balaban J connectivity index is 1.84.